The van der Waals surface area contributed by atoms with Gasteiger partial charge in [0.2, 0.25) is 0 Å². The van der Waals surface area contributed by atoms with E-state index in [1.807, 2.05) is 60.7 Å². The van der Waals surface area contributed by atoms with Gasteiger partial charge in [-0.05, 0) is 52.2 Å². The highest BCUT2D eigenvalue weighted by atomic mass is 16.3. The fraction of sp³-hybridized carbons (Fsp3) is 0. The number of fused-ring (bicyclic) bond motifs is 8. The SMILES string of the molecule is c1ccc(-c2ccc(-c3nc(-c4ccc5ccc6oc7ccccc7c6c5c4)nc(-c4cccc5oc6ccccc6c45)n3)cc2)cc1. The van der Waals surface area contributed by atoms with Crippen molar-refractivity contribution in [3.8, 4) is 45.3 Å². The minimum Gasteiger partial charge on any atom is -0.456 e. The smallest absolute Gasteiger partial charge is 0.164 e. The molecule has 0 spiro atoms. The Labute approximate surface area is 274 Å². The third-order valence-electron chi connectivity index (χ3n) is 9.15. The Balaban J connectivity index is 1.21. The summed E-state index contributed by atoms with van der Waals surface area (Å²) in [7, 11) is 0. The predicted molar refractivity (Wildman–Crippen MR) is 194 cm³/mol. The Morgan fingerprint density at radius 1 is 0.333 bits per heavy atom. The summed E-state index contributed by atoms with van der Waals surface area (Å²) in [6, 6.07) is 51.6. The maximum atomic E-state index is 6.24. The van der Waals surface area contributed by atoms with E-state index in [9.17, 15) is 0 Å². The molecule has 3 heterocycles. The lowest BCUT2D eigenvalue weighted by atomic mass is 10.0. The van der Waals surface area contributed by atoms with Crippen molar-refractivity contribution in [2.75, 3.05) is 0 Å². The van der Waals surface area contributed by atoms with Gasteiger partial charge in [-0.2, -0.15) is 0 Å². The zero-order chi connectivity index (χ0) is 31.6. The standard InChI is InChI=1S/C43H25N3O2/c1-2-9-26(10-3-1)27-17-20-29(21-18-27)41-44-42(46-43(45-41)33-13-8-16-37-39(33)31-11-4-6-14-35(31)47-37)30-22-19-28-23-24-38-40(34(28)25-30)32-12-5-7-15-36(32)48-38/h1-25H. The van der Waals surface area contributed by atoms with E-state index in [0.717, 1.165) is 82.5 Å². The van der Waals surface area contributed by atoms with Gasteiger partial charge in [0.05, 0.1) is 0 Å². The number of hydrogen-bond acceptors (Lipinski definition) is 5. The second-order valence-corrected chi connectivity index (χ2v) is 12.0. The van der Waals surface area contributed by atoms with Crippen LogP contribution in [-0.2, 0) is 0 Å². The van der Waals surface area contributed by atoms with Crippen LogP contribution in [-0.4, -0.2) is 15.0 Å². The van der Waals surface area contributed by atoms with Crippen molar-refractivity contribution < 1.29 is 8.83 Å². The zero-order valence-corrected chi connectivity index (χ0v) is 25.6. The van der Waals surface area contributed by atoms with Gasteiger partial charge in [-0.1, -0.05) is 121 Å². The lowest BCUT2D eigenvalue weighted by Gasteiger charge is -2.11. The van der Waals surface area contributed by atoms with Crippen LogP contribution < -0.4 is 0 Å². The van der Waals surface area contributed by atoms with E-state index >= 15 is 0 Å². The second kappa shape index (κ2) is 10.5. The quantitative estimate of drug-likeness (QED) is 0.197. The Bertz CT molecular complexity index is 2830. The molecule has 0 N–H and O–H groups in total. The molecule has 3 aromatic heterocycles. The van der Waals surface area contributed by atoms with E-state index in [4.69, 9.17) is 23.8 Å². The molecule has 48 heavy (non-hydrogen) atoms. The molecule has 10 rings (SSSR count). The first kappa shape index (κ1) is 26.6. The number of benzene rings is 7. The third-order valence-corrected chi connectivity index (χ3v) is 9.15. The average molecular weight is 616 g/mol. The summed E-state index contributed by atoms with van der Waals surface area (Å²) in [4.78, 5) is 15.4. The van der Waals surface area contributed by atoms with E-state index in [2.05, 4.69) is 91.0 Å². The summed E-state index contributed by atoms with van der Waals surface area (Å²) >= 11 is 0. The number of aromatic nitrogens is 3. The summed E-state index contributed by atoms with van der Waals surface area (Å²) < 4.78 is 12.5. The number of nitrogens with zero attached hydrogens (tertiary/aromatic N) is 3. The van der Waals surface area contributed by atoms with Gasteiger partial charge in [-0.25, -0.2) is 15.0 Å². The van der Waals surface area contributed by atoms with Crippen LogP contribution in [0.15, 0.2) is 160 Å². The molecule has 0 saturated carbocycles. The first-order chi connectivity index (χ1) is 23.8. The Morgan fingerprint density at radius 3 is 1.65 bits per heavy atom. The molecule has 10 aromatic rings. The van der Waals surface area contributed by atoms with Gasteiger partial charge in [0.15, 0.2) is 17.5 Å². The molecule has 5 nitrogen and oxygen atoms in total. The molecule has 0 saturated heterocycles. The Hall–Kier alpha value is -6.59. The minimum atomic E-state index is 0.589. The Morgan fingerprint density at radius 2 is 0.875 bits per heavy atom. The van der Waals surface area contributed by atoms with E-state index in [1.54, 1.807) is 0 Å². The summed E-state index contributed by atoms with van der Waals surface area (Å²) in [6.45, 7) is 0. The third kappa shape index (κ3) is 4.22. The maximum Gasteiger partial charge on any atom is 0.164 e. The average Bonchev–Trinajstić information content (AvgIpc) is 3.74. The minimum absolute atomic E-state index is 0.589. The maximum absolute atomic E-state index is 6.24. The largest absolute Gasteiger partial charge is 0.456 e. The van der Waals surface area contributed by atoms with E-state index < -0.39 is 0 Å². The normalized spacial score (nSPS) is 11.8. The molecule has 224 valence electrons. The van der Waals surface area contributed by atoms with Gasteiger partial charge >= 0.3 is 0 Å². The summed E-state index contributed by atoms with van der Waals surface area (Å²) in [5.74, 6) is 1.79. The van der Waals surface area contributed by atoms with Crippen molar-refractivity contribution >= 4 is 54.6 Å². The molecule has 7 aromatic carbocycles. The van der Waals surface area contributed by atoms with Crippen LogP contribution in [0.5, 0.6) is 0 Å². The molecule has 5 heteroatoms. The van der Waals surface area contributed by atoms with Crippen molar-refractivity contribution in [2.45, 2.75) is 0 Å². The fourth-order valence-corrected chi connectivity index (χ4v) is 6.84. The highest BCUT2D eigenvalue weighted by Gasteiger charge is 2.19. The molecule has 0 aliphatic heterocycles. The molecule has 0 atom stereocenters. The molecule has 0 aliphatic carbocycles. The Kier molecular flexibility index (Phi) is 5.81. The highest BCUT2D eigenvalue weighted by molar-refractivity contribution is 6.19. The van der Waals surface area contributed by atoms with Crippen LogP contribution in [0.3, 0.4) is 0 Å². The fourth-order valence-electron chi connectivity index (χ4n) is 6.84. The number of para-hydroxylation sites is 2. The predicted octanol–water partition coefficient (Wildman–Crippen LogP) is 11.5. The molecule has 0 unspecified atom stereocenters. The van der Waals surface area contributed by atoms with E-state index in [1.165, 1.54) is 0 Å². The number of hydrogen-bond donors (Lipinski definition) is 0. The highest BCUT2D eigenvalue weighted by Crippen LogP contribution is 2.39. The van der Waals surface area contributed by atoms with Crippen molar-refractivity contribution in [1.29, 1.82) is 0 Å². The number of rotatable bonds is 4. The van der Waals surface area contributed by atoms with E-state index in [0.29, 0.717) is 17.5 Å². The van der Waals surface area contributed by atoms with Gasteiger partial charge in [-0.3, -0.25) is 0 Å². The van der Waals surface area contributed by atoms with Crippen molar-refractivity contribution in [1.82, 2.24) is 15.0 Å². The molecular formula is C43H25N3O2. The van der Waals surface area contributed by atoms with Crippen molar-refractivity contribution in [2.24, 2.45) is 0 Å². The van der Waals surface area contributed by atoms with Crippen molar-refractivity contribution in [3.05, 3.63) is 152 Å². The van der Waals surface area contributed by atoms with Gasteiger partial charge in [0, 0.05) is 38.2 Å². The first-order valence-corrected chi connectivity index (χ1v) is 15.9. The molecule has 0 aliphatic rings. The summed E-state index contributed by atoms with van der Waals surface area (Å²) in [5.41, 5.74) is 8.35. The van der Waals surface area contributed by atoms with Crippen LogP contribution >= 0.6 is 0 Å². The number of furan rings is 2. The summed E-state index contributed by atoms with van der Waals surface area (Å²) in [6.07, 6.45) is 0. The molecule has 0 radical (unpaired) electrons. The lowest BCUT2D eigenvalue weighted by Crippen LogP contribution is -2.00. The lowest BCUT2D eigenvalue weighted by molar-refractivity contribution is 0.668. The van der Waals surface area contributed by atoms with Crippen LogP contribution in [0, 0.1) is 0 Å². The van der Waals surface area contributed by atoms with Gasteiger partial charge in [-0.15, -0.1) is 0 Å². The van der Waals surface area contributed by atoms with Gasteiger partial charge < -0.3 is 8.83 Å². The topological polar surface area (TPSA) is 65.0 Å². The van der Waals surface area contributed by atoms with Gasteiger partial charge in [0.25, 0.3) is 0 Å². The summed E-state index contributed by atoms with van der Waals surface area (Å²) in [5, 5.41) is 6.40. The monoisotopic (exact) mass is 615 g/mol. The second-order valence-electron chi connectivity index (χ2n) is 12.0. The molecule has 0 bridgehead atoms. The van der Waals surface area contributed by atoms with Crippen molar-refractivity contribution in [3.63, 3.8) is 0 Å². The molecular weight excluding hydrogens is 590 g/mol. The zero-order valence-electron chi connectivity index (χ0n) is 25.6. The van der Waals surface area contributed by atoms with Crippen LogP contribution in [0.2, 0.25) is 0 Å². The molecule has 0 amide bonds. The molecule has 0 fully saturated rings. The first-order valence-electron chi connectivity index (χ1n) is 15.9. The van der Waals surface area contributed by atoms with Crippen LogP contribution in [0.4, 0.5) is 0 Å². The van der Waals surface area contributed by atoms with Crippen LogP contribution in [0.25, 0.3) is 99.9 Å². The van der Waals surface area contributed by atoms with Gasteiger partial charge in [0.1, 0.15) is 22.3 Å². The van der Waals surface area contributed by atoms with Crippen LogP contribution in [0.1, 0.15) is 0 Å². The van der Waals surface area contributed by atoms with E-state index in [-0.39, 0.29) is 0 Å².